The predicted octanol–water partition coefficient (Wildman–Crippen LogP) is 4.89. The summed E-state index contributed by atoms with van der Waals surface area (Å²) in [4.78, 5) is 30.5. The fraction of sp³-hybridized carbons (Fsp3) is 0.407. The number of amides is 2. The van der Waals surface area contributed by atoms with Gasteiger partial charge in [-0.05, 0) is 60.9 Å². The monoisotopic (exact) mass is 490 g/mol. The van der Waals surface area contributed by atoms with Gasteiger partial charge in [0.2, 0.25) is 5.91 Å². The quantitative estimate of drug-likeness (QED) is 0.396. The number of aromatic nitrogens is 3. The number of hydrogen-bond donors (Lipinski definition) is 3. The highest BCUT2D eigenvalue weighted by Crippen LogP contribution is 2.40. The van der Waals surface area contributed by atoms with Crippen LogP contribution in [0.3, 0.4) is 0 Å². The topological polar surface area (TPSA) is 101 Å². The standard InChI is InChI=1S/C27H31FN6O2/c1-34-16-22(15-30-34)32-27(36)25(10-17-4-2-3-5-17)33-26(35)19-8-9-23(28)24(12-19)31-21-11-20(13-29-14-21)18-6-7-18/h8-9,11-18,25,31H,2-7,10H2,1H3,(H,32,36)(H,33,35)/t25-/m0/s1. The number of halogens is 1. The van der Waals surface area contributed by atoms with E-state index in [9.17, 15) is 14.0 Å². The molecule has 36 heavy (non-hydrogen) atoms. The van der Waals surface area contributed by atoms with E-state index < -0.39 is 17.8 Å². The van der Waals surface area contributed by atoms with Crippen LogP contribution in [0.4, 0.5) is 21.5 Å². The molecule has 1 aromatic carbocycles. The van der Waals surface area contributed by atoms with E-state index in [4.69, 9.17) is 0 Å². The van der Waals surface area contributed by atoms with E-state index in [1.165, 1.54) is 18.2 Å². The van der Waals surface area contributed by atoms with Crippen molar-refractivity contribution in [3.63, 3.8) is 0 Å². The van der Waals surface area contributed by atoms with E-state index in [-0.39, 0.29) is 17.2 Å². The molecule has 8 nitrogen and oxygen atoms in total. The van der Waals surface area contributed by atoms with Gasteiger partial charge in [0.25, 0.3) is 5.91 Å². The SMILES string of the molecule is Cn1cc(NC(=O)[C@H](CC2CCCC2)NC(=O)c2ccc(F)c(Nc3cncc(C4CC4)c3)c2)cn1. The second kappa shape index (κ2) is 10.5. The maximum atomic E-state index is 14.6. The number of benzene rings is 1. The van der Waals surface area contributed by atoms with Crippen LogP contribution < -0.4 is 16.0 Å². The molecule has 1 atom stereocenters. The molecule has 2 fully saturated rings. The van der Waals surface area contributed by atoms with Crippen LogP contribution >= 0.6 is 0 Å². The van der Waals surface area contributed by atoms with E-state index in [1.54, 1.807) is 30.3 Å². The van der Waals surface area contributed by atoms with Crippen molar-refractivity contribution >= 4 is 28.9 Å². The number of anilines is 3. The number of aryl methyl sites for hydroxylation is 1. The Labute approximate surface area is 209 Å². The largest absolute Gasteiger partial charge is 0.352 e. The Morgan fingerprint density at radius 3 is 2.61 bits per heavy atom. The van der Waals surface area contributed by atoms with E-state index in [0.717, 1.165) is 44.1 Å². The van der Waals surface area contributed by atoms with E-state index in [1.807, 2.05) is 12.3 Å². The number of rotatable bonds is 9. The van der Waals surface area contributed by atoms with Gasteiger partial charge >= 0.3 is 0 Å². The summed E-state index contributed by atoms with van der Waals surface area (Å²) in [5.41, 5.74) is 2.83. The molecule has 2 aliphatic carbocycles. The number of pyridine rings is 1. The highest BCUT2D eigenvalue weighted by Gasteiger charge is 2.28. The molecule has 2 saturated carbocycles. The van der Waals surface area contributed by atoms with Gasteiger partial charge in [-0.3, -0.25) is 19.3 Å². The van der Waals surface area contributed by atoms with Crippen molar-refractivity contribution in [2.45, 2.75) is 56.9 Å². The molecule has 3 aromatic rings. The lowest BCUT2D eigenvalue weighted by molar-refractivity contribution is -0.118. The third kappa shape index (κ3) is 5.90. The van der Waals surface area contributed by atoms with Crippen molar-refractivity contribution in [2.75, 3.05) is 10.6 Å². The van der Waals surface area contributed by atoms with Crippen molar-refractivity contribution in [2.24, 2.45) is 13.0 Å². The molecule has 0 saturated heterocycles. The Morgan fingerprint density at radius 2 is 1.89 bits per heavy atom. The normalized spacial score (nSPS) is 16.5. The first kappa shape index (κ1) is 24.0. The Bertz CT molecular complexity index is 1250. The van der Waals surface area contributed by atoms with Crippen molar-refractivity contribution in [3.8, 4) is 0 Å². The van der Waals surface area contributed by atoms with E-state index in [2.05, 4.69) is 26.0 Å². The minimum absolute atomic E-state index is 0.185. The van der Waals surface area contributed by atoms with Crippen LogP contribution in [-0.2, 0) is 11.8 Å². The van der Waals surface area contributed by atoms with Crippen molar-refractivity contribution in [1.82, 2.24) is 20.1 Å². The summed E-state index contributed by atoms with van der Waals surface area (Å²) in [6, 6.07) is 5.43. The molecular weight excluding hydrogens is 459 g/mol. The summed E-state index contributed by atoms with van der Waals surface area (Å²) in [7, 11) is 1.77. The van der Waals surface area contributed by atoms with Crippen LogP contribution in [0.15, 0.2) is 49.1 Å². The fourth-order valence-corrected chi connectivity index (χ4v) is 4.85. The third-order valence-electron chi connectivity index (χ3n) is 6.95. The lowest BCUT2D eigenvalue weighted by Gasteiger charge is -2.21. The fourth-order valence-electron chi connectivity index (χ4n) is 4.85. The Balaban J connectivity index is 1.30. The number of nitrogens with one attached hydrogen (secondary N) is 3. The molecule has 188 valence electrons. The molecule has 0 bridgehead atoms. The van der Waals surface area contributed by atoms with Gasteiger partial charge in [-0.15, -0.1) is 0 Å². The van der Waals surface area contributed by atoms with E-state index in [0.29, 0.717) is 29.6 Å². The third-order valence-corrected chi connectivity index (χ3v) is 6.95. The molecule has 2 heterocycles. The second-order valence-corrected chi connectivity index (χ2v) is 9.91. The molecule has 0 aliphatic heterocycles. The lowest BCUT2D eigenvalue weighted by atomic mass is 9.97. The maximum absolute atomic E-state index is 14.6. The zero-order chi connectivity index (χ0) is 25.1. The average Bonchev–Trinajstić information content (AvgIpc) is 3.45. The number of hydrogen-bond acceptors (Lipinski definition) is 5. The van der Waals surface area contributed by atoms with Crippen LogP contribution in [0, 0.1) is 11.7 Å². The lowest BCUT2D eigenvalue weighted by Crippen LogP contribution is -2.44. The summed E-state index contributed by atoms with van der Waals surface area (Å²) in [5, 5.41) is 12.9. The first-order chi connectivity index (χ1) is 17.4. The van der Waals surface area contributed by atoms with Gasteiger partial charge in [0.15, 0.2) is 0 Å². The van der Waals surface area contributed by atoms with Crippen molar-refractivity contribution < 1.29 is 14.0 Å². The summed E-state index contributed by atoms with van der Waals surface area (Å²) in [6.07, 6.45) is 14.0. The number of nitrogens with zero attached hydrogens (tertiary/aromatic N) is 3. The van der Waals surface area contributed by atoms with E-state index >= 15 is 0 Å². The first-order valence-electron chi connectivity index (χ1n) is 12.6. The number of carbonyl (C=O) groups excluding carboxylic acids is 2. The van der Waals surface area contributed by atoms with Crippen molar-refractivity contribution in [1.29, 1.82) is 0 Å². The van der Waals surface area contributed by atoms with Crippen LogP contribution in [0.25, 0.3) is 0 Å². The van der Waals surface area contributed by atoms with Crippen molar-refractivity contribution in [3.05, 3.63) is 66.0 Å². The first-order valence-corrected chi connectivity index (χ1v) is 12.6. The van der Waals surface area contributed by atoms with Gasteiger partial charge in [-0.1, -0.05) is 25.7 Å². The molecule has 0 spiro atoms. The summed E-state index contributed by atoms with van der Waals surface area (Å²) in [5.74, 6) is -0.276. The summed E-state index contributed by atoms with van der Waals surface area (Å²) in [6.45, 7) is 0. The molecule has 2 aliphatic rings. The minimum Gasteiger partial charge on any atom is -0.352 e. The maximum Gasteiger partial charge on any atom is 0.252 e. The highest BCUT2D eigenvalue weighted by molar-refractivity contribution is 6.01. The Hall–Kier alpha value is -3.75. The summed E-state index contributed by atoms with van der Waals surface area (Å²) >= 11 is 0. The smallest absolute Gasteiger partial charge is 0.252 e. The highest BCUT2D eigenvalue weighted by atomic mass is 19.1. The predicted molar refractivity (Wildman–Crippen MR) is 136 cm³/mol. The molecule has 0 radical (unpaired) electrons. The zero-order valence-electron chi connectivity index (χ0n) is 20.3. The van der Waals surface area contributed by atoms with Gasteiger partial charge in [0, 0.05) is 25.0 Å². The van der Waals surface area contributed by atoms with Crippen LogP contribution in [0.1, 0.15) is 66.8 Å². The molecule has 0 unspecified atom stereocenters. The Kier molecular flexibility index (Phi) is 6.97. The molecule has 5 rings (SSSR count). The molecule has 2 amide bonds. The van der Waals surface area contributed by atoms with Gasteiger partial charge < -0.3 is 16.0 Å². The van der Waals surface area contributed by atoms with Gasteiger partial charge in [-0.2, -0.15) is 5.10 Å². The molecule has 9 heteroatoms. The van der Waals surface area contributed by atoms with Crippen LogP contribution in [-0.4, -0.2) is 32.6 Å². The minimum atomic E-state index is -0.707. The second-order valence-electron chi connectivity index (χ2n) is 9.91. The summed E-state index contributed by atoms with van der Waals surface area (Å²) < 4.78 is 16.2. The van der Waals surface area contributed by atoms with Crippen LogP contribution in [0.5, 0.6) is 0 Å². The zero-order valence-corrected chi connectivity index (χ0v) is 20.3. The molecule has 2 aromatic heterocycles. The average molecular weight is 491 g/mol. The van der Waals surface area contributed by atoms with Gasteiger partial charge in [-0.25, -0.2) is 4.39 Å². The Morgan fingerprint density at radius 1 is 1.08 bits per heavy atom. The molecule has 3 N–H and O–H groups in total. The molecular formula is C27H31FN6O2. The van der Waals surface area contributed by atoms with Crippen LogP contribution in [0.2, 0.25) is 0 Å². The van der Waals surface area contributed by atoms with Gasteiger partial charge in [0.1, 0.15) is 11.9 Å². The number of carbonyl (C=O) groups is 2. The van der Waals surface area contributed by atoms with Gasteiger partial charge in [0.05, 0.1) is 29.5 Å².